The summed E-state index contributed by atoms with van der Waals surface area (Å²) in [4.78, 5) is 12.0. The van der Waals surface area contributed by atoms with Gasteiger partial charge in [0, 0.05) is 11.6 Å². The summed E-state index contributed by atoms with van der Waals surface area (Å²) in [6.45, 7) is 1.92. The second kappa shape index (κ2) is 4.35. The summed E-state index contributed by atoms with van der Waals surface area (Å²) in [5, 5.41) is 0.533. The number of benzene rings is 2. The van der Waals surface area contributed by atoms with Crippen LogP contribution in [0.2, 0.25) is 0 Å². The van der Waals surface area contributed by atoms with Crippen molar-refractivity contribution >= 4 is 11.0 Å². The Morgan fingerprint density at radius 1 is 1.05 bits per heavy atom. The van der Waals surface area contributed by atoms with E-state index in [1.807, 2.05) is 13.0 Å². The normalized spacial score (nSPS) is 10.8. The third-order valence-electron chi connectivity index (χ3n) is 2.99. The van der Waals surface area contributed by atoms with Crippen molar-refractivity contribution in [3.8, 4) is 11.3 Å². The maximum absolute atomic E-state index is 13.2. The first kappa shape index (κ1) is 11.7. The van der Waals surface area contributed by atoms with Gasteiger partial charge in [0.2, 0.25) is 0 Å². The van der Waals surface area contributed by atoms with E-state index in [2.05, 4.69) is 0 Å². The lowest BCUT2D eigenvalue weighted by molar-refractivity contribution is 0.611. The van der Waals surface area contributed by atoms with Gasteiger partial charge in [-0.2, -0.15) is 0 Å². The van der Waals surface area contributed by atoms with Gasteiger partial charge in [-0.15, -0.1) is 0 Å². The Morgan fingerprint density at radius 2 is 1.89 bits per heavy atom. The molecule has 0 radical (unpaired) electrons. The molecule has 0 fully saturated rings. The number of halogens is 1. The van der Waals surface area contributed by atoms with Gasteiger partial charge < -0.3 is 4.42 Å². The maximum Gasteiger partial charge on any atom is 0.193 e. The van der Waals surface area contributed by atoms with E-state index in [0.717, 1.165) is 5.56 Å². The van der Waals surface area contributed by atoms with E-state index in [9.17, 15) is 9.18 Å². The molecule has 0 aliphatic carbocycles. The minimum absolute atomic E-state index is 0.125. The zero-order valence-corrected chi connectivity index (χ0v) is 10.3. The van der Waals surface area contributed by atoms with Crippen LogP contribution in [0.15, 0.2) is 57.7 Å². The highest BCUT2D eigenvalue weighted by atomic mass is 19.1. The summed E-state index contributed by atoms with van der Waals surface area (Å²) in [5.74, 6) is 0.0205. The van der Waals surface area contributed by atoms with E-state index in [4.69, 9.17) is 4.42 Å². The van der Waals surface area contributed by atoms with Crippen LogP contribution in [0.25, 0.3) is 22.3 Å². The van der Waals surface area contributed by atoms with E-state index in [1.54, 1.807) is 24.3 Å². The molecule has 0 saturated carbocycles. The molecular formula is C16H11FO2. The third kappa shape index (κ3) is 2.15. The van der Waals surface area contributed by atoms with Crippen molar-refractivity contribution in [3.05, 3.63) is 70.1 Å². The minimum Gasteiger partial charge on any atom is -0.456 e. The Balaban J connectivity index is 2.28. The van der Waals surface area contributed by atoms with Crippen LogP contribution in [0, 0.1) is 12.7 Å². The molecule has 19 heavy (non-hydrogen) atoms. The van der Waals surface area contributed by atoms with Crippen LogP contribution in [-0.2, 0) is 0 Å². The molecule has 1 aromatic heterocycles. The zero-order chi connectivity index (χ0) is 13.4. The van der Waals surface area contributed by atoms with Crippen molar-refractivity contribution in [1.82, 2.24) is 0 Å². The third-order valence-corrected chi connectivity index (χ3v) is 2.99. The molecule has 0 spiro atoms. The largest absolute Gasteiger partial charge is 0.456 e. The van der Waals surface area contributed by atoms with E-state index in [0.29, 0.717) is 22.3 Å². The zero-order valence-electron chi connectivity index (χ0n) is 10.3. The molecule has 1 heterocycles. The predicted molar refractivity (Wildman–Crippen MR) is 72.6 cm³/mol. The van der Waals surface area contributed by atoms with E-state index < -0.39 is 0 Å². The molecule has 0 saturated heterocycles. The van der Waals surface area contributed by atoms with Crippen molar-refractivity contribution in [2.45, 2.75) is 6.92 Å². The van der Waals surface area contributed by atoms with Gasteiger partial charge in [0.1, 0.15) is 17.2 Å². The fourth-order valence-corrected chi connectivity index (χ4v) is 2.05. The Morgan fingerprint density at radius 3 is 2.68 bits per heavy atom. The van der Waals surface area contributed by atoms with Crippen LogP contribution in [-0.4, -0.2) is 0 Å². The molecular weight excluding hydrogens is 243 g/mol. The van der Waals surface area contributed by atoms with Crippen molar-refractivity contribution in [2.75, 3.05) is 0 Å². The summed E-state index contributed by atoms with van der Waals surface area (Å²) >= 11 is 0. The molecule has 94 valence electrons. The number of hydrogen-bond donors (Lipinski definition) is 0. The summed E-state index contributed by atoms with van der Waals surface area (Å²) in [7, 11) is 0. The molecule has 3 heteroatoms. The summed E-state index contributed by atoms with van der Waals surface area (Å²) in [6.07, 6.45) is 0. The van der Waals surface area contributed by atoms with Gasteiger partial charge in [0.25, 0.3) is 0 Å². The minimum atomic E-state index is -0.357. The second-order valence-corrected chi connectivity index (χ2v) is 4.48. The predicted octanol–water partition coefficient (Wildman–Crippen LogP) is 3.91. The van der Waals surface area contributed by atoms with Gasteiger partial charge in [-0.1, -0.05) is 18.2 Å². The lowest BCUT2D eigenvalue weighted by Gasteiger charge is -2.04. The Bertz CT molecular complexity index is 818. The molecule has 0 N–H and O–H groups in total. The monoisotopic (exact) mass is 254 g/mol. The van der Waals surface area contributed by atoms with Crippen molar-refractivity contribution in [2.24, 2.45) is 0 Å². The first-order valence-electron chi connectivity index (χ1n) is 5.94. The van der Waals surface area contributed by atoms with Crippen molar-refractivity contribution < 1.29 is 8.81 Å². The molecule has 3 rings (SSSR count). The first-order valence-corrected chi connectivity index (χ1v) is 5.94. The number of hydrogen-bond acceptors (Lipinski definition) is 2. The molecule has 2 nitrogen and oxygen atoms in total. The van der Waals surface area contributed by atoms with Crippen LogP contribution in [0.5, 0.6) is 0 Å². The molecule has 0 amide bonds. The fourth-order valence-electron chi connectivity index (χ4n) is 2.05. The molecule has 0 atom stereocenters. The summed E-state index contributed by atoms with van der Waals surface area (Å²) < 4.78 is 18.9. The van der Waals surface area contributed by atoms with Crippen molar-refractivity contribution in [3.63, 3.8) is 0 Å². The highest BCUT2D eigenvalue weighted by Crippen LogP contribution is 2.23. The van der Waals surface area contributed by atoms with Crippen LogP contribution in [0.3, 0.4) is 0 Å². The Labute approximate surface area is 109 Å². The van der Waals surface area contributed by atoms with Crippen molar-refractivity contribution in [1.29, 1.82) is 0 Å². The molecule has 3 aromatic rings. The van der Waals surface area contributed by atoms with Crippen LogP contribution >= 0.6 is 0 Å². The maximum atomic E-state index is 13.2. The standard InChI is InChI=1S/C16H11FO2/c1-10-5-6-13-14(18)9-15(19-16(13)7-10)11-3-2-4-12(17)8-11/h2-9H,1H3. The first-order chi connectivity index (χ1) is 9.13. The van der Waals surface area contributed by atoms with Crippen LogP contribution < -0.4 is 5.43 Å². The van der Waals surface area contributed by atoms with Gasteiger partial charge >= 0.3 is 0 Å². The number of fused-ring (bicyclic) bond motifs is 1. The highest BCUT2D eigenvalue weighted by molar-refractivity contribution is 5.79. The average molecular weight is 254 g/mol. The molecule has 0 unspecified atom stereocenters. The van der Waals surface area contributed by atoms with E-state index >= 15 is 0 Å². The Kier molecular flexibility index (Phi) is 2.67. The van der Waals surface area contributed by atoms with Crippen LogP contribution in [0.1, 0.15) is 5.56 Å². The van der Waals surface area contributed by atoms with E-state index in [1.165, 1.54) is 18.2 Å². The molecule has 0 bridgehead atoms. The lowest BCUT2D eigenvalue weighted by Crippen LogP contribution is -2.00. The SMILES string of the molecule is Cc1ccc2c(=O)cc(-c3cccc(F)c3)oc2c1. The van der Waals surface area contributed by atoms with Gasteiger partial charge in [-0.25, -0.2) is 4.39 Å². The topological polar surface area (TPSA) is 30.2 Å². The average Bonchev–Trinajstić information content (AvgIpc) is 2.38. The quantitative estimate of drug-likeness (QED) is 0.659. The number of rotatable bonds is 1. The van der Waals surface area contributed by atoms with Gasteiger partial charge in [0.05, 0.1) is 5.39 Å². The Hall–Kier alpha value is -2.42. The summed E-state index contributed by atoms with van der Waals surface area (Å²) in [6, 6.07) is 12.8. The second-order valence-electron chi connectivity index (χ2n) is 4.48. The molecule has 2 aromatic carbocycles. The van der Waals surface area contributed by atoms with Crippen LogP contribution in [0.4, 0.5) is 4.39 Å². The highest BCUT2D eigenvalue weighted by Gasteiger charge is 2.07. The van der Waals surface area contributed by atoms with E-state index in [-0.39, 0.29) is 11.2 Å². The smallest absolute Gasteiger partial charge is 0.193 e. The van der Waals surface area contributed by atoms with Gasteiger partial charge in [0.15, 0.2) is 5.43 Å². The summed E-state index contributed by atoms with van der Waals surface area (Å²) in [5.41, 5.74) is 1.96. The lowest BCUT2D eigenvalue weighted by atomic mass is 10.1. The van der Waals surface area contributed by atoms with Gasteiger partial charge in [-0.05, 0) is 36.8 Å². The fraction of sp³-hybridized carbons (Fsp3) is 0.0625. The molecule has 0 aliphatic rings. The van der Waals surface area contributed by atoms with Gasteiger partial charge in [-0.3, -0.25) is 4.79 Å². The number of aryl methyl sites for hydroxylation is 1. The molecule has 0 aliphatic heterocycles.